The molecule has 5 nitrogen and oxygen atoms in total. The number of halogens is 1. The van der Waals surface area contributed by atoms with Gasteiger partial charge in [0.2, 0.25) is 11.7 Å². The topological polar surface area (TPSA) is 56.8 Å². The van der Waals surface area contributed by atoms with Gasteiger partial charge in [0.1, 0.15) is 0 Å². The Morgan fingerprint density at radius 1 is 1.04 bits per heavy atom. The van der Waals surface area contributed by atoms with Gasteiger partial charge in [-0.1, -0.05) is 15.9 Å². The van der Waals surface area contributed by atoms with Crippen LogP contribution in [0.2, 0.25) is 0 Å². The van der Waals surface area contributed by atoms with E-state index in [9.17, 15) is 4.79 Å². The molecule has 0 aromatic heterocycles. The molecule has 1 N–H and O–H groups in total. The molecule has 1 amide bonds. The number of nitrogens with one attached hydrogen (secondary N) is 1. The maximum absolute atomic E-state index is 12.3. The monoisotopic (exact) mass is 393 g/mol. The molecule has 0 heterocycles. The smallest absolute Gasteiger partial charge is 0.228 e. The van der Waals surface area contributed by atoms with Crippen LogP contribution in [0.1, 0.15) is 11.1 Å². The normalized spacial score (nSPS) is 10.2. The summed E-state index contributed by atoms with van der Waals surface area (Å²) in [5.41, 5.74) is 2.59. The first-order valence-electron chi connectivity index (χ1n) is 7.33. The number of amides is 1. The highest BCUT2D eigenvalue weighted by atomic mass is 79.9. The number of benzene rings is 2. The number of carbonyl (C=O) groups is 1. The van der Waals surface area contributed by atoms with Gasteiger partial charge in [0.25, 0.3) is 0 Å². The third kappa shape index (κ3) is 4.20. The molecule has 0 radical (unpaired) electrons. The fraction of sp³-hybridized carbons (Fsp3) is 0.278. The van der Waals surface area contributed by atoms with Crippen molar-refractivity contribution in [1.29, 1.82) is 0 Å². The van der Waals surface area contributed by atoms with E-state index in [1.807, 2.05) is 25.1 Å². The van der Waals surface area contributed by atoms with Crippen molar-refractivity contribution in [3.63, 3.8) is 0 Å². The molecule has 0 unspecified atom stereocenters. The molecule has 2 aromatic rings. The number of hydrogen-bond donors (Lipinski definition) is 1. The highest BCUT2D eigenvalue weighted by Gasteiger charge is 2.15. The van der Waals surface area contributed by atoms with E-state index in [1.165, 1.54) is 0 Å². The summed E-state index contributed by atoms with van der Waals surface area (Å²) in [4.78, 5) is 12.3. The van der Waals surface area contributed by atoms with Crippen LogP contribution in [0.5, 0.6) is 17.2 Å². The molecule has 0 saturated carbocycles. The summed E-state index contributed by atoms with van der Waals surface area (Å²) in [6, 6.07) is 9.22. The summed E-state index contributed by atoms with van der Waals surface area (Å²) >= 11 is 3.44. The van der Waals surface area contributed by atoms with Crippen molar-refractivity contribution in [1.82, 2.24) is 0 Å². The standard InChI is InChI=1S/C18H20BrNO4/c1-11-7-13(5-6-14(11)19)20-17(21)10-12-8-15(22-2)18(24-4)16(9-12)23-3/h5-9H,10H2,1-4H3,(H,20,21). The first-order chi connectivity index (χ1) is 11.5. The third-order valence-corrected chi connectivity index (χ3v) is 4.42. The summed E-state index contributed by atoms with van der Waals surface area (Å²) < 4.78 is 16.9. The van der Waals surface area contributed by atoms with Crippen molar-refractivity contribution >= 4 is 27.5 Å². The van der Waals surface area contributed by atoms with Crippen LogP contribution in [0.4, 0.5) is 5.69 Å². The Bertz CT molecular complexity index is 721. The lowest BCUT2D eigenvalue weighted by Crippen LogP contribution is -2.14. The molecule has 0 bridgehead atoms. The van der Waals surface area contributed by atoms with E-state index >= 15 is 0 Å². The van der Waals surface area contributed by atoms with Crippen LogP contribution >= 0.6 is 15.9 Å². The Hall–Kier alpha value is -2.21. The quantitative estimate of drug-likeness (QED) is 0.806. The lowest BCUT2D eigenvalue weighted by atomic mass is 10.1. The maximum atomic E-state index is 12.3. The van der Waals surface area contributed by atoms with Gasteiger partial charge in [0, 0.05) is 10.2 Å². The Balaban J connectivity index is 2.17. The zero-order valence-electron chi connectivity index (χ0n) is 14.1. The average Bonchev–Trinajstić information content (AvgIpc) is 2.57. The minimum atomic E-state index is -0.119. The Kier molecular flexibility index (Phi) is 6.09. The fourth-order valence-corrected chi connectivity index (χ4v) is 2.60. The van der Waals surface area contributed by atoms with Gasteiger partial charge in [-0.2, -0.15) is 0 Å². The first kappa shape index (κ1) is 18.1. The minimum Gasteiger partial charge on any atom is -0.493 e. The highest BCUT2D eigenvalue weighted by molar-refractivity contribution is 9.10. The van der Waals surface area contributed by atoms with Crippen LogP contribution in [0.3, 0.4) is 0 Å². The fourth-order valence-electron chi connectivity index (χ4n) is 2.35. The van der Waals surface area contributed by atoms with Crippen molar-refractivity contribution in [2.75, 3.05) is 26.6 Å². The summed E-state index contributed by atoms with van der Waals surface area (Å²) in [6.07, 6.45) is 0.200. The van der Waals surface area contributed by atoms with E-state index in [-0.39, 0.29) is 12.3 Å². The van der Waals surface area contributed by atoms with Crippen LogP contribution in [-0.4, -0.2) is 27.2 Å². The molecule has 0 aliphatic heterocycles. The second kappa shape index (κ2) is 8.06. The number of ether oxygens (including phenoxy) is 3. The minimum absolute atomic E-state index is 0.119. The first-order valence-corrected chi connectivity index (χ1v) is 8.12. The zero-order valence-corrected chi connectivity index (χ0v) is 15.7. The van der Waals surface area contributed by atoms with Gasteiger partial charge < -0.3 is 19.5 Å². The van der Waals surface area contributed by atoms with E-state index in [2.05, 4.69) is 21.2 Å². The summed E-state index contributed by atoms with van der Waals surface area (Å²) in [5, 5.41) is 2.89. The predicted octanol–water partition coefficient (Wildman–Crippen LogP) is 3.96. The van der Waals surface area contributed by atoms with Gasteiger partial charge in [-0.15, -0.1) is 0 Å². The maximum Gasteiger partial charge on any atom is 0.228 e. The summed E-state index contributed by atoms with van der Waals surface area (Å²) in [5.74, 6) is 1.44. The molecule has 0 aliphatic carbocycles. The largest absolute Gasteiger partial charge is 0.493 e. The van der Waals surface area contributed by atoms with Crippen LogP contribution in [-0.2, 0) is 11.2 Å². The highest BCUT2D eigenvalue weighted by Crippen LogP contribution is 2.38. The number of anilines is 1. The molecule has 0 aliphatic rings. The molecule has 0 atom stereocenters. The third-order valence-electron chi connectivity index (χ3n) is 3.53. The van der Waals surface area contributed by atoms with Crippen LogP contribution < -0.4 is 19.5 Å². The van der Waals surface area contributed by atoms with Crippen molar-refractivity contribution in [3.05, 3.63) is 45.9 Å². The van der Waals surface area contributed by atoms with E-state index in [0.717, 1.165) is 21.3 Å². The van der Waals surface area contributed by atoms with Crippen molar-refractivity contribution < 1.29 is 19.0 Å². The van der Waals surface area contributed by atoms with Crippen LogP contribution in [0.15, 0.2) is 34.8 Å². The van der Waals surface area contributed by atoms with Gasteiger partial charge >= 0.3 is 0 Å². The molecule has 0 fully saturated rings. The van der Waals surface area contributed by atoms with Crippen molar-refractivity contribution in [2.24, 2.45) is 0 Å². The van der Waals surface area contributed by atoms with Gasteiger partial charge in [-0.3, -0.25) is 4.79 Å². The molecule has 24 heavy (non-hydrogen) atoms. The van der Waals surface area contributed by atoms with Gasteiger partial charge in [0.05, 0.1) is 27.8 Å². The zero-order chi connectivity index (χ0) is 17.7. The number of methoxy groups -OCH3 is 3. The molecule has 128 valence electrons. The molecule has 2 rings (SSSR count). The molecule has 6 heteroatoms. The number of aryl methyl sites for hydroxylation is 1. The Labute approximate surface area is 150 Å². The molecule has 0 saturated heterocycles. The Morgan fingerprint density at radius 2 is 1.67 bits per heavy atom. The second-order valence-electron chi connectivity index (χ2n) is 5.22. The number of rotatable bonds is 6. The molecular weight excluding hydrogens is 374 g/mol. The average molecular weight is 394 g/mol. The lowest BCUT2D eigenvalue weighted by Gasteiger charge is -2.14. The van der Waals surface area contributed by atoms with Gasteiger partial charge in [-0.05, 0) is 48.4 Å². The molecular formula is C18H20BrNO4. The van der Waals surface area contributed by atoms with Crippen molar-refractivity contribution in [2.45, 2.75) is 13.3 Å². The molecule has 2 aromatic carbocycles. The molecule has 0 spiro atoms. The van der Waals surface area contributed by atoms with E-state index in [4.69, 9.17) is 14.2 Å². The SMILES string of the molecule is COc1cc(CC(=O)Nc2ccc(Br)c(C)c2)cc(OC)c1OC. The van der Waals surface area contributed by atoms with E-state index in [1.54, 1.807) is 33.5 Å². The van der Waals surface area contributed by atoms with Crippen LogP contribution in [0, 0.1) is 6.92 Å². The lowest BCUT2D eigenvalue weighted by molar-refractivity contribution is -0.115. The van der Waals surface area contributed by atoms with Crippen LogP contribution in [0.25, 0.3) is 0 Å². The van der Waals surface area contributed by atoms with Gasteiger partial charge in [-0.25, -0.2) is 0 Å². The number of hydrogen-bond acceptors (Lipinski definition) is 4. The summed E-state index contributed by atoms with van der Waals surface area (Å²) in [7, 11) is 4.64. The number of carbonyl (C=O) groups excluding carboxylic acids is 1. The van der Waals surface area contributed by atoms with Crippen molar-refractivity contribution in [3.8, 4) is 17.2 Å². The second-order valence-corrected chi connectivity index (χ2v) is 6.08. The Morgan fingerprint density at radius 3 is 2.17 bits per heavy atom. The van der Waals surface area contributed by atoms with E-state index < -0.39 is 0 Å². The summed E-state index contributed by atoms with van der Waals surface area (Å²) in [6.45, 7) is 1.97. The predicted molar refractivity (Wildman–Crippen MR) is 97.3 cm³/mol. The van der Waals surface area contributed by atoms with Gasteiger partial charge in [0.15, 0.2) is 11.5 Å². The van der Waals surface area contributed by atoms with E-state index in [0.29, 0.717) is 17.2 Å².